The predicted octanol–water partition coefficient (Wildman–Crippen LogP) is 11.8. The van der Waals surface area contributed by atoms with Gasteiger partial charge >= 0.3 is 5.97 Å². The lowest BCUT2D eigenvalue weighted by Crippen LogP contribution is -2.22. The molecule has 0 bridgehead atoms. The molecule has 56 heavy (non-hydrogen) atoms. The molecule has 0 spiro atoms. The molecule has 1 heterocycles. The summed E-state index contributed by atoms with van der Waals surface area (Å²) in [5.41, 5.74) is 8.30. The number of ether oxygens (including phenoxy) is 2. The van der Waals surface area contributed by atoms with Crippen molar-refractivity contribution >= 4 is 50.0 Å². The SMILES string of the molecule is CCCCC(CC)Cn1c2ccc(/C(=N\OC(C)=O)c3ccccc3OCCOC(C)(C)C)cc2c2cc(C(=O)c3c(C)cc(C)cc3C)c3ccccc3c21. The summed E-state index contributed by atoms with van der Waals surface area (Å²) < 4.78 is 14.6. The molecule has 1 unspecified atom stereocenters. The number of unbranched alkanes of at least 4 members (excludes halogenated alkanes) is 1. The van der Waals surface area contributed by atoms with Crippen LogP contribution < -0.4 is 4.74 Å². The van der Waals surface area contributed by atoms with Crippen LogP contribution in [0.5, 0.6) is 5.75 Å². The van der Waals surface area contributed by atoms with E-state index in [1.807, 2.05) is 71.0 Å². The first-order chi connectivity index (χ1) is 26.8. The zero-order valence-corrected chi connectivity index (χ0v) is 34.5. The Balaban J connectivity index is 1.60. The number of aryl methyl sites for hydroxylation is 3. The van der Waals surface area contributed by atoms with E-state index in [9.17, 15) is 9.59 Å². The molecule has 0 saturated heterocycles. The summed E-state index contributed by atoms with van der Waals surface area (Å²) in [5.74, 6) is 0.580. The highest BCUT2D eigenvalue weighted by atomic mass is 16.7. The fraction of sp³-hybridized carbons (Fsp3) is 0.367. The van der Waals surface area contributed by atoms with Gasteiger partial charge in [-0.2, -0.15) is 0 Å². The molecule has 0 aliphatic rings. The van der Waals surface area contributed by atoms with Gasteiger partial charge in [0, 0.05) is 57.4 Å². The van der Waals surface area contributed by atoms with Crippen LogP contribution in [0.3, 0.4) is 0 Å². The molecule has 1 aromatic heterocycles. The van der Waals surface area contributed by atoms with Gasteiger partial charge in [-0.3, -0.25) is 4.79 Å². The largest absolute Gasteiger partial charge is 0.490 e. The van der Waals surface area contributed by atoms with E-state index >= 15 is 0 Å². The topological polar surface area (TPSA) is 79.1 Å². The van der Waals surface area contributed by atoms with E-state index in [1.165, 1.54) is 13.3 Å². The highest BCUT2D eigenvalue weighted by Gasteiger charge is 2.24. The molecule has 0 N–H and O–H groups in total. The molecule has 292 valence electrons. The smallest absolute Gasteiger partial charge is 0.332 e. The van der Waals surface area contributed by atoms with Crippen LogP contribution in [-0.4, -0.2) is 40.8 Å². The number of hydrogen-bond acceptors (Lipinski definition) is 6. The maximum Gasteiger partial charge on any atom is 0.332 e. The third kappa shape index (κ3) is 8.74. The molecule has 0 aliphatic carbocycles. The summed E-state index contributed by atoms with van der Waals surface area (Å²) in [4.78, 5) is 32.3. The second kappa shape index (κ2) is 17.3. The monoisotopic (exact) mass is 752 g/mol. The number of ketones is 1. The van der Waals surface area contributed by atoms with Crippen molar-refractivity contribution in [3.05, 3.63) is 124 Å². The highest BCUT2D eigenvalue weighted by molar-refractivity contribution is 6.27. The zero-order valence-electron chi connectivity index (χ0n) is 34.5. The van der Waals surface area contributed by atoms with Gasteiger partial charge < -0.3 is 18.9 Å². The third-order valence-electron chi connectivity index (χ3n) is 10.6. The van der Waals surface area contributed by atoms with E-state index in [4.69, 9.17) is 14.3 Å². The molecule has 1 atom stereocenters. The Labute approximate surface area is 331 Å². The van der Waals surface area contributed by atoms with Crippen LogP contribution in [-0.2, 0) is 20.9 Å². The van der Waals surface area contributed by atoms with Crippen LogP contribution >= 0.6 is 0 Å². The first-order valence-corrected chi connectivity index (χ1v) is 20.0. The minimum atomic E-state index is -0.522. The Morgan fingerprint density at radius 3 is 2.16 bits per heavy atom. The van der Waals surface area contributed by atoms with Gasteiger partial charge in [0.1, 0.15) is 18.1 Å². The molecule has 6 aromatic rings. The number of rotatable bonds is 15. The van der Waals surface area contributed by atoms with Crippen molar-refractivity contribution in [2.24, 2.45) is 11.1 Å². The van der Waals surface area contributed by atoms with Crippen molar-refractivity contribution in [1.82, 2.24) is 4.57 Å². The Morgan fingerprint density at radius 1 is 0.786 bits per heavy atom. The molecule has 5 aromatic carbocycles. The minimum Gasteiger partial charge on any atom is -0.490 e. The molecule has 7 heteroatoms. The van der Waals surface area contributed by atoms with Crippen molar-refractivity contribution in [1.29, 1.82) is 0 Å². The second-order valence-electron chi connectivity index (χ2n) is 16.1. The number of hydrogen-bond donors (Lipinski definition) is 0. The van der Waals surface area contributed by atoms with Gasteiger partial charge in [-0.05, 0) is 101 Å². The Bertz CT molecular complexity index is 2410. The van der Waals surface area contributed by atoms with Crippen molar-refractivity contribution < 1.29 is 23.9 Å². The lowest BCUT2D eigenvalue weighted by molar-refractivity contribution is -0.140. The number of oxime groups is 1. The molecule has 0 aliphatic heterocycles. The number of carbonyl (C=O) groups is 2. The van der Waals surface area contributed by atoms with Crippen LogP contribution in [0.25, 0.3) is 32.6 Å². The van der Waals surface area contributed by atoms with E-state index in [0.717, 1.165) is 86.2 Å². The fourth-order valence-electron chi connectivity index (χ4n) is 7.99. The van der Waals surface area contributed by atoms with Gasteiger partial charge in [0.2, 0.25) is 0 Å². The van der Waals surface area contributed by atoms with Crippen molar-refractivity contribution in [3.8, 4) is 5.75 Å². The van der Waals surface area contributed by atoms with Crippen molar-refractivity contribution in [2.75, 3.05) is 13.2 Å². The van der Waals surface area contributed by atoms with Crippen molar-refractivity contribution in [3.63, 3.8) is 0 Å². The Kier molecular flexibility index (Phi) is 12.4. The van der Waals surface area contributed by atoms with E-state index in [2.05, 4.69) is 79.0 Å². The van der Waals surface area contributed by atoms with Crippen LogP contribution in [0.4, 0.5) is 0 Å². The van der Waals surface area contributed by atoms with Crippen LogP contribution in [0.1, 0.15) is 111 Å². The molecule has 6 rings (SSSR count). The molecule has 0 saturated carbocycles. The quantitative estimate of drug-likeness (QED) is 0.0343. The molecular formula is C49H56N2O5. The summed E-state index contributed by atoms with van der Waals surface area (Å²) in [5, 5.41) is 8.41. The second-order valence-corrected chi connectivity index (χ2v) is 16.1. The van der Waals surface area contributed by atoms with Gasteiger partial charge in [0.15, 0.2) is 5.78 Å². The first kappa shape index (κ1) is 40.4. The van der Waals surface area contributed by atoms with Gasteiger partial charge in [-0.15, -0.1) is 0 Å². The molecule has 0 radical (unpaired) electrons. The summed E-state index contributed by atoms with van der Waals surface area (Å²) >= 11 is 0. The van der Waals surface area contributed by atoms with Crippen molar-refractivity contribution in [2.45, 2.75) is 100 Å². The maximum atomic E-state index is 14.8. The van der Waals surface area contributed by atoms with E-state index in [-0.39, 0.29) is 11.4 Å². The van der Waals surface area contributed by atoms with Crippen LogP contribution in [0.2, 0.25) is 0 Å². The average molecular weight is 753 g/mol. The average Bonchev–Trinajstić information content (AvgIpc) is 3.46. The number of aromatic nitrogens is 1. The zero-order chi connectivity index (χ0) is 40.1. The predicted molar refractivity (Wildman–Crippen MR) is 229 cm³/mol. The molecule has 0 fully saturated rings. The number of carbonyl (C=O) groups excluding carboxylic acids is 2. The van der Waals surface area contributed by atoms with Gasteiger partial charge in [-0.1, -0.05) is 98.4 Å². The highest BCUT2D eigenvalue weighted by Crippen LogP contribution is 2.39. The molecule has 0 amide bonds. The maximum absolute atomic E-state index is 14.8. The standard InChI is InChI=1S/C49H56N2O5/c1-10-12-17-35(11-2)30-51-43-23-22-36(46(50-56-34(6)52)39-20-15-16-21-44(39)54-24-25-55-49(7,8)9)28-40(43)41-29-42(37-18-13-14-19-38(37)47(41)51)48(53)45-32(4)26-31(3)27-33(45)5/h13-16,18-23,26-29,35H,10-12,17,24-25,30H2,1-9H3/b50-46+. The lowest BCUT2D eigenvalue weighted by Gasteiger charge is -2.20. The van der Waals surface area contributed by atoms with Gasteiger partial charge in [-0.25, -0.2) is 4.79 Å². The van der Waals surface area contributed by atoms with E-state index in [0.29, 0.717) is 41.7 Å². The summed E-state index contributed by atoms with van der Waals surface area (Å²) in [7, 11) is 0. The van der Waals surface area contributed by atoms with E-state index in [1.54, 1.807) is 0 Å². The van der Waals surface area contributed by atoms with E-state index < -0.39 is 5.97 Å². The number of benzene rings is 5. The normalized spacial score (nSPS) is 12.8. The number of nitrogens with zero attached hydrogens (tertiary/aromatic N) is 2. The fourth-order valence-corrected chi connectivity index (χ4v) is 7.99. The lowest BCUT2D eigenvalue weighted by atomic mass is 9.89. The number of para-hydroxylation sites is 1. The van der Waals surface area contributed by atoms with Gasteiger partial charge in [0.05, 0.1) is 17.7 Å². The third-order valence-corrected chi connectivity index (χ3v) is 10.6. The number of fused-ring (bicyclic) bond motifs is 5. The summed E-state index contributed by atoms with van der Waals surface area (Å²) in [6.07, 6.45) is 4.53. The first-order valence-electron chi connectivity index (χ1n) is 20.0. The van der Waals surface area contributed by atoms with Gasteiger partial charge in [0.25, 0.3) is 0 Å². The molecular weight excluding hydrogens is 697 g/mol. The summed E-state index contributed by atoms with van der Waals surface area (Å²) in [6.45, 7) is 19.6. The Hall–Kier alpha value is -5.27. The Morgan fingerprint density at radius 2 is 1.48 bits per heavy atom. The van der Waals surface area contributed by atoms with Crippen LogP contribution in [0.15, 0.2) is 90.1 Å². The van der Waals surface area contributed by atoms with Crippen LogP contribution in [0, 0.1) is 26.7 Å². The summed E-state index contributed by atoms with van der Waals surface area (Å²) in [6, 6.07) is 28.5. The molecule has 7 nitrogen and oxygen atoms in total. The minimum absolute atomic E-state index is 0.0168.